The van der Waals surface area contributed by atoms with Crippen molar-refractivity contribution in [3.8, 4) is 11.1 Å². The third kappa shape index (κ3) is 6.45. The molecule has 3 aromatic rings. The number of hydrogen-bond donors (Lipinski definition) is 2. The Balaban J connectivity index is 1.65. The summed E-state index contributed by atoms with van der Waals surface area (Å²) < 4.78 is 35.4. The fraction of sp³-hybridized carbons (Fsp3) is 0.462. The molecular formula is C26H35N5O6S2Si. The van der Waals surface area contributed by atoms with E-state index in [0.717, 1.165) is 17.8 Å². The van der Waals surface area contributed by atoms with Crippen LogP contribution in [-0.2, 0) is 27.9 Å². The molecule has 216 valence electrons. The molecule has 1 atom stereocenters. The number of likely N-dealkylation sites (tertiary alicyclic amines) is 1. The molecule has 0 unspecified atom stereocenters. The average Bonchev–Trinajstić information content (AvgIpc) is 3.62. The first-order chi connectivity index (χ1) is 18.6. The lowest BCUT2D eigenvalue weighted by atomic mass is 10.1. The molecule has 0 saturated carbocycles. The van der Waals surface area contributed by atoms with Gasteiger partial charge in [-0.3, -0.25) is 9.48 Å². The van der Waals surface area contributed by atoms with Crippen molar-refractivity contribution in [1.29, 1.82) is 0 Å². The van der Waals surface area contributed by atoms with E-state index in [9.17, 15) is 18.0 Å². The quantitative estimate of drug-likeness (QED) is 0.360. The molecule has 11 nitrogen and oxygen atoms in total. The third-order valence-electron chi connectivity index (χ3n) is 7.39. The van der Waals surface area contributed by atoms with E-state index in [1.165, 1.54) is 18.3 Å². The van der Waals surface area contributed by atoms with Crippen LogP contribution in [0.5, 0.6) is 0 Å². The standard InChI is InChI=1S/C26H35N5O6S2Si/c1-26(2,3)40(5,6)37-20-7-8-31(16-20)24(32)18-9-17(19-12-29-30(4)15-19)10-21(11-18)39(35,36)23-14-27-22(38-23)13-28-25(33)34/h9-12,14-15,20,28H,7-8,13,16H2,1-6H3,(H,33,34)/t20-/m1/s1. The Morgan fingerprint density at radius 2 is 1.93 bits per heavy atom. The van der Waals surface area contributed by atoms with E-state index in [-0.39, 0.29) is 38.3 Å². The lowest BCUT2D eigenvalue weighted by Gasteiger charge is -2.38. The van der Waals surface area contributed by atoms with Gasteiger partial charge in [-0.05, 0) is 48.3 Å². The van der Waals surface area contributed by atoms with Gasteiger partial charge in [-0.25, -0.2) is 18.2 Å². The highest BCUT2D eigenvalue weighted by Gasteiger charge is 2.41. The summed E-state index contributed by atoms with van der Waals surface area (Å²) in [7, 11) is -4.30. The van der Waals surface area contributed by atoms with Gasteiger partial charge >= 0.3 is 6.09 Å². The van der Waals surface area contributed by atoms with Crippen LogP contribution in [0.2, 0.25) is 18.1 Å². The van der Waals surface area contributed by atoms with Gasteiger partial charge in [-0.1, -0.05) is 20.8 Å². The monoisotopic (exact) mass is 605 g/mol. The number of thiazole rings is 1. The molecule has 1 aliphatic heterocycles. The van der Waals surface area contributed by atoms with Crippen LogP contribution >= 0.6 is 11.3 Å². The van der Waals surface area contributed by atoms with E-state index >= 15 is 0 Å². The normalized spacial score (nSPS) is 16.4. The van der Waals surface area contributed by atoms with Crippen LogP contribution in [0, 0.1) is 0 Å². The zero-order valence-electron chi connectivity index (χ0n) is 23.5. The van der Waals surface area contributed by atoms with E-state index in [2.05, 4.69) is 49.3 Å². The summed E-state index contributed by atoms with van der Waals surface area (Å²) in [5.41, 5.74) is 1.47. The SMILES string of the molecule is Cn1cc(-c2cc(C(=O)N3CC[C@@H](O[Si](C)(C)C(C)(C)C)C3)cc(S(=O)(=O)c3cnc(CNC(=O)O)s3)c2)cn1. The lowest BCUT2D eigenvalue weighted by Crippen LogP contribution is -2.44. The second kappa shape index (κ2) is 11.1. The van der Waals surface area contributed by atoms with Crippen LogP contribution in [0.15, 0.2) is 45.9 Å². The van der Waals surface area contributed by atoms with Crippen molar-refractivity contribution < 1.29 is 27.5 Å². The Bertz CT molecular complexity index is 1530. The molecule has 1 aromatic carbocycles. The molecular weight excluding hydrogens is 571 g/mol. The van der Waals surface area contributed by atoms with Crippen molar-refractivity contribution in [1.82, 2.24) is 25.0 Å². The van der Waals surface area contributed by atoms with Crippen LogP contribution < -0.4 is 5.32 Å². The number of amides is 2. The van der Waals surface area contributed by atoms with Crippen molar-refractivity contribution in [2.75, 3.05) is 13.1 Å². The Morgan fingerprint density at radius 1 is 1.20 bits per heavy atom. The molecule has 0 aliphatic carbocycles. The molecule has 0 spiro atoms. The van der Waals surface area contributed by atoms with Crippen molar-refractivity contribution in [2.24, 2.45) is 7.05 Å². The first kappa shape index (κ1) is 29.9. The Labute approximate surface area is 239 Å². The summed E-state index contributed by atoms with van der Waals surface area (Å²) in [5.74, 6) is -0.265. The number of hydrogen-bond acceptors (Lipinski definition) is 8. The van der Waals surface area contributed by atoms with Gasteiger partial charge in [0, 0.05) is 37.5 Å². The van der Waals surface area contributed by atoms with Crippen molar-refractivity contribution in [3.05, 3.63) is 47.4 Å². The van der Waals surface area contributed by atoms with Crippen LogP contribution in [0.1, 0.15) is 42.6 Å². The predicted octanol–water partition coefficient (Wildman–Crippen LogP) is 4.38. The minimum absolute atomic E-state index is 0.0413. The van der Waals surface area contributed by atoms with E-state index in [4.69, 9.17) is 9.53 Å². The third-order valence-corrected chi connectivity index (χ3v) is 15.1. The zero-order valence-corrected chi connectivity index (χ0v) is 26.1. The highest BCUT2D eigenvalue weighted by Crippen LogP contribution is 2.38. The highest BCUT2D eigenvalue weighted by molar-refractivity contribution is 7.93. The highest BCUT2D eigenvalue weighted by atomic mass is 32.2. The molecule has 0 radical (unpaired) electrons. The van der Waals surface area contributed by atoms with Gasteiger partial charge in [-0.15, -0.1) is 11.3 Å². The van der Waals surface area contributed by atoms with E-state index in [1.54, 1.807) is 35.1 Å². The minimum Gasteiger partial charge on any atom is -0.465 e. The fourth-order valence-electron chi connectivity index (χ4n) is 4.17. The molecule has 4 rings (SSSR count). The van der Waals surface area contributed by atoms with Crippen molar-refractivity contribution >= 4 is 41.5 Å². The maximum Gasteiger partial charge on any atom is 0.405 e. The number of carbonyl (C=O) groups is 2. The fourth-order valence-corrected chi connectivity index (χ4v) is 8.14. The summed E-state index contributed by atoms with van der Waals surface area (Å²) in [6, 6.07) is 4.61. The number of aryl methyl sites for hydroxylation is 1. The second-order valence-electron chi connectivity index (χ2n) is 11.4. The smallest absolute Gasteiger partial charge is 0.405 e. The molecule has 40 heavy (non-hydrogen) atoms. The van der Waals surface area contributed by atoms with E-state index < -0.39 is 24.2 Å². The van der Waals surface area contributed by atoms with Crippen LogP contribution in [-0.4, -0.2) is 72.7 Å². The molecule has 0 bridgehead atoms. The molecule has 1 saturated heterocycles. The first-order valence-corrected chi connectivity index (χ1v) is 18.1. The number of nitrogens with zero attached hydrogens (tertiary/aromatic N) is 4. The van der Waals surface area contributed by atoms with Crippen LogP contribution in [0.4, 0.5) is 4.79 Å². The number of rotatable bonds is 8. The summed E-state index contributed by atoms with van der Waals surface area (Å²) >= 11 is 0.880. The number of benzene rings is 1. The van der Waals surface area contributed by atoms with Gasteiger partial charge in [0.05, 0.1) is 29.9 Å². The van der Waals surface area contributed by atoms with Gasteiger partial charge in [-0.2, -0.15) is 5.10 Å². The summed E-state index contributed by atoms with van der Waals surface area (Å²) in [5, 5.41) is 15.6. The Morgan fingerprint density at radius 3 is 2.55 bits per heavy atom. The van der Waals surface area contributed by atoms with Gasteiger partial charge < -0.3 is 19.7 Å². The Kier molecular flexibility index (Phi) is 8.27. The predicted molar refractivity (Wildman–Crippen MR) is 154 cm³/mol. The summed E-state index contributed by atoms with van der Waals surface area (Å²) in [6.07, 6.45) is 4.00. The maximum absolute atomic E-state index is 13.7. The second-order valence-corrected chi connectivity index (χ2v) is 19.5. The molecule has 1 fully saturated rings. The van der Waals surface area contributed by atoms with Crippen molar-refractivity contribution in [2.45, 2.75) is 67.1 Å². The van der Waals surface area contributed by atoms with E-state index in [0.29, 0.717) is 29.2 Å². The van der Waals surface area contributed by atoms with Crippen molar-refractivity contribution in [3.63, 3.8) is 0 Å². The molecule has 3 heterocycles. The van der Waals surface area contributed by atoms with Gasteiger partial charge in [0.2, 0.25) is 9.84 Å². The topological polar surface area (TPSA) is 144 Å². The lowest BCUT2D eigenvalue weighted by molar-refractivity contribution is 0.0768. The number of nitrogens with one attached hydrogen (secondary N) is 1. The molecule has 2 amide bonds. The number of carbonyl (C=O) groups excluding carboxylic acids is 1. The molecule has 1 aliphatic rings. The van der Waals surface area contributed by atoms with Crippen LogP contribution in [0.3, 0.4) is 0 Å². The molecule has 14 heteroatoms. The van der Waals surface area contributed by atoms with Gasteiger partial charge in [0.15, 0.2) is 8.32 Å². The molecule has 2 N–H and O–H groups in total. The minimum atomic E-state index is -4.05. The first-order valence-electron chi connectivity index (χ1n) is 12.8. The maximum atomic E-state index is 13.7. The number of carboxylic acid groups (broad SMARTS) is 1. The van der Waals surface area contributed by atoms with E-state index in [1.807, 2.05) is 0 Å². The van der Waals surface area contributed by atoms with Gasteiger partial charge in [0.25, 0.3) is 5.91 Å². The Hall–Kier alpha value is -3.07. The molecule has 2 aromatic heterocycles. The average molecular weight is 606 g/mol. The number of aromatic nitrogens is 3. The van der Waals surface area contributed by atoms with Crippen LogP contribution in [0.25, 0.3) is 11.1 Å². The van der Waals surface area contributed by atoms with Gasteiger partial charge in [0.1, 0.15) is 9.22 Å². The summed E-state index contributed by atoms with van der Waals surface area (Å²) in [6.45, 7) is 11.8. The zero-order chi connectivity index (χ0) is 29.5. The summed E-state index contributed by atoms with van der Waals surface area (Å²) in [4.78, 5) is 30.2. The largest absolute Gasteiger partial charge is 0.465 e. The number of sulfone groups is 1.